The lowest BCUT2D eigenvalue weighted by atomic mass is 9.85. The third-order valence-corrected chi connectivity index (χ3v) is 3.10. The number of carbonyl (C=O) groups excluding carboxylic acids is 2. The van der Waals surface area contributed by atoms with Gasteiger partial charge in [0.25, 0.3) is 0 Å². The Morgan fingerprint density at radius 1 is 1.15 bits per heavy atom. The first-order valence-corrected chi connectivity index (χ1v) is 7.07. The average molecular weight is 275 g/mol. The van der Waals surface area contributed by atoms with Crippen LogP contribution >= 0.6 is 0 Å². The van der Waals surface area contributed by atoms with Crippen LogP contribution in [0, 0.1) is 5.92 Å². The topological polar surface area (TPSA) is 37.4 Å². The summed E-state index contributed by atoms with van der Waals surface area (Å²) in [6.07, 6.45) is 0.373. The Morgan fingerprint density at radius 2 is 1.70 bits per heavy atom. The van der Waals surface area contributed by atoms with E-state index in [9.17, 15) is 9.59 Å². The van der Waals surface area contributed by atoms with E-state index in [1.54, 1.807) is 0 Å². The van der Waals surface area contributed by atoms with Crippen molar-refractivity contribution >= 4 is 17.5 Å². The van der Waals surface area contributed by atoms with E-state index < -0.39 is 0 Å². The summed E-state index contributed by atoms with van der Waals surface area (Å²) in [5, 5.41) is 0. The third kappa shape index (κ3) is 3.92. The van der Waals surface area contributed by atoms with E-state index in [0.717, 1.165) is 5.56 Å². The maximum Gasteiger partial charge on any atom is 0.234 e. The van der Waals surface area contributed by atoms with Crippen LogP contribution in [0.1, 0.15) is 53.5 Å². The summed E-state index contributed by atoms with van der Waals surface area (Å²) in [6, 6.07) is 7.63. The summed E-state index contributed by atoms with van der Waals surface area (Å²) in [6.45, 7) is 11.6. The normalized spacial score (nSPS) is 11.6. The van der Waals surface area contributed by atoms with Crippen molar-refractivity contribution in [3.63, 3.8) is 0 Å². The lowest BCUT2D eigenvalue weighted by Gasteiger charge is -2.28. The highest BCUT2D eigenvalue weighted by molar-refractivity contribution is 6.14. The van der Waals surface area contributed by atoms with Crippen LogP contribution in [0.3, 0.4) is 0 Å². The summed E-state index contributed by atoms with van der Waals surface area (Å²) < 4.78 is 0. The van der Waals surface area contributed by atoms with Gasteiger partial charge in [0.05, 0.1) is 5.69 Å². The van der Waals surface area contributed by atoms with Crippen molar-refractivity contribution < 1.29 is 9.59 Å². The first-order valence-electron chi connectivity index (χ1n) is 7.07. The molecular formula is C17H25NO2. The van der Waals surface area contributed by atoms with Crippen LogP contribution in [-0.2, 0) is 15.0 Å². The molecule has 0 aliphatic carbocycles. The van der Waals surface area contributed by atoms with Crippen LogP contribution in [0.4, 0.5) is 5.69 Å². The van der Waals surface area contributed by atoms with Crippen molar-refractivity contribution in [2.24, 2.45) is 5.92 Å². The van der Waals surface area contributed by atoms with Gasteiger partial charge in [0.2, 0.25) is 11.8 Å². The fourth-order valence-corrected chi connectivity index (χ4v) is 2.22. The van der Waals surface area contributed by atoms with E-state index in [-0.39, 0.29) is 23.1 Å². The first-order chi connectivity index (χ1) is 9.14. The molecule has 0 aromatic heterocycles. The SMILES string of the molecule is CC(=O)N(C(=O)CC(C)C)c1ccccc1C(C)(C)C. The predicted molar refractivity (Wildman–Crippen MR) is 82.8 cm³/mol. The van der Waals surface area contributed by atoms with E-state index >= 15 is 0 Å². The predicted octanol–water partition coefficient (Wildman–Crippen LogP) is 3.91. The summed E-state index contributed by atoms with van der Waals surface area (Å²) >= 11 is 0. The number of carbonyl (C=O) groups is 2. The molecule has 110 valence electrons. The van der Waals surface area contributed by atoms with Crippen molar-refractivity contribution in [3.8, 4) is 0 Å². The molecule has 0 fully saturated rings. The summed E-state index contributed by atoms with van der Waals surface area (Å²) in [5.41, 5.74) is 1.59. The molecule has 1 rings (SSSR count). The van der Waals surface area contributed by atoms with E-state index in [0.29, 0.717) is 12.1 Å². The number of nitrogens with zero attached hydrogens (tertiary/aromatic N) is 1. The number of rotatable bonds is 3. The van der Waals surface area contributed by atoms with Gasteiger partial charge in [-0.25, -0.2) is 0 Å². The molecule has 2 amide bonds. The minimum Gasteiger partial charge on any atom is -0.274 e. The van der Waals surface area contributed by atoms with Crippen LogP contribution in [0.25, 0.3) is 0 Å². The first kappa shape index (κ1) is 16.4. The summed E-state index contributed by atoms with van der Waals surface area (Å²) in [4.78, 5) is 25.7. The quantitative estimate of drug-likeness (QED) is 0.838. The molecular weight excluding hydrogens is 250 g/mol. The van der Waals surface area contributed by atoms with Crippen molar-refractivity contribution in [2.75, 3.05) is 4.90 Å². The summed E-state index contributed by atoms with van der Waals surface area (Å²) in [5.74, 6) is -0.136. The lowest BCUT2D eigenvalue weighted by Crippen LogP contribution is -2.37. The number of hydrogen-bond acceptors (Lipinski definition) is 2. The maximum absolute atomic E-state index is 12.4. The van der Waals surface area contributed by atoms with Gasteiger partial charge >= 0.3 is 0 Å². The van der Waals surface area contributed by atoms with E-state index in [1.807, 2.05) is 38.1 Å². The van der Waals surface area contributed by atoms with Crippen LogP contribution in [-0.4, -0.2) is 11.8 Å². The monoisotopic (exact) mass is 275 g/mol. The van der Waals surface area contributed by atoms with Crippen LogP contribution in [0.15, 0.2) is 24.3 Å². The average Bonchev–Trinajstić information content (AvgIpc) is 2.26. The van der Waals surface area contributed by atoms with E-state index in [1.165, 1.54) is 11.8 Å². The van der Waals surface area contributed by atoms with Gasteiger partial charge in [0.15, 0.2) is 0 Å². The number of amides is 2. The van der Waals surface area contributed by atoms with Gasteiger partial charge in [0.1, 0.15) is 0 Å². The molecule has 0 N–H and O–H groups in total. The molecule has 3 nitrogen and oxygen atoms in total. The second kappa shape index (κ2) is 6.21. The van der Waals surface area contributed by atoms with Crippen LogP contribution < -0.4 is 4.90 Å². The molecule has 0 atom stereocenters. The lowest BCUT2D eigenvalue weighted by molar-refractivity contribution is -0.125. The van der Waals surface area contributed by atoms with Crippen molar-refractivity contribution in [2.45, 2.75) is 53.4 Å². The Kier molecular flexibility index (Phi) is 5.09. The molecule has 3 heteroatoms. The maximum atomic E-state index is 12.4. The summed E-state index contributed by atoms with van der Waals surface area (Å²) in [7, 11) is 0. The number of anilines is 1. The van der Waals surface area contributed by atoms with Crippen molar-refractivity contribution in [1.82, 2.24) is 0 Å². The van der Waals surface area contributed by atoms with Crippen molar-refractivity contribution in [1.29, 1.82) is 0 Å². The Bertz CT molecular complexity index is 498. The Hall–Kier alpha value is -1.64. The van der Waals surface area contributed by atoms with Gasteiger partial charge in [-0.2, -0.15) is 0 Å². The number of hydrogen-bond donors (Lipinski definition) is 0. The van der Waals surface area contributed by atoms with Crippen LogP contribution in [0.5, 0.6) is 0 Å². The molecule has 0 aliphatic heterocycles. The second-order valence-corrected chi connectivity index (χ2v) is 6.61. The minimum absolute atomic E-state index is 0.123. The Labute approximate surface area is 122 Å². The molecule has 0 bridgehead atoms. The zero-order valence-corrected chi connectivity index (χ0v) is 13.4. The van der Waals surface area contributed by atoms with E-state index in [4.69, 9.17) is 0 Å². The highest BCUT2D eigenvalue weighted by Crippen LogP contribution is 2.32. The zero-order chi connectivity index (χ0) is 15.5. The number of benzene rings is 1. The van der Waals surface area contributed by atoms with Gasteiger partial charge in [0, 0.05) is 13.3 Å². The van der Waals surface area contributed by atoms with Gasteiger partial charge in [-0.05, 0) is 23.0 Å². The molecule has 20 heavy (non-hydrogen) atoms. The fraction of sp³-hybridized carbons (Fsp3) is 0.529. The van der Waals surface area contributed by atoms with Gasteiger partial charge in [-0.1, -0.05) is 52.8 Å². The van der Waals surface area contributed by atoms with Gasteiger partial charge in [-0.3, -0.25) is 14.5 Å². The molecule has 1 aromatic rings. The van der Waals surface area contributed by atoms with Gasteiger partial charge < -0.3 is 0 Å². The van der Waals surface area contributed by atoms with Crippen LogP contribution in [0.2, 0.25) is 0 Å². The highest BCUT2D eigenvalue weighted by atomic mass is 16.2. The Morgan fingerprint density at radius 3 is 2.15 bits per heavy atom. The zero-order valence-electron chi connectivity index (χ0n) is 13.4. The molecule has 0 unspecified atom stereocenters. The largest absolute Gasteiger partial charge is 0.274 e. The standard InChI is InChI=1S/C17H25NO2/c1-12(2)11-16(20)18(13(3)19)15-10-8-7-9-14(15)17(4,5)6/h7-10,12H,11H2,1-6H3. The molecule has 0 spiro atoms. The van der Waals surface area contributed by atoms with Gasteiger partial charge in [-0.15, -0.1) is 0 Å². The highest BCUT2D eigenvalue weighted by Gasteiger charge is 2.27. The van der Waals surface area contributed by atoms with Crippen molar-refractivity contribution in [3.05, 3.63) is 29.8 Å². The molecule has 1 aromatic carbocycles. The minimum atomic E-state index is -0.229. The molecule has 0 radical (unpaired) electrons. The molecule has 0 saturated carbocycles. The Balaban J connectivity index is 3.30. The molecule has 0 saturated heterocycles. The fourth-order valence-electron chi connectivity index (χ4n) is 2.22. The molecule has 0 heterocycles. The van der Waals surface area contributed by atoms with E-state index in [2.05, 4.69) is 20.8 Å². The molecule has 0 aliphatic rings. The smallest absolute Gasteiger partial charge is 0.234 e. The number of imide groups is 1. The second-order valence-electron chi connectivity index (χ2n) is 6.61. The number of para-hydroxylation sites is 1. The third-order valence-electron chi connectivity index (χ3n) is 3.10.